The number of likely N-dealkylation sites (N-methyl/N-ethyl adjacent to an activating group) is 1. The Kier molecular flexibility index (Phi) is 8.81. The van der Waals surface area contributed by atoms with Crippen LogP contribution in [0.5, 0.6) is 0 Å². The van der Waals surface area contributed by atoms with Crippen LogP contribution in [-0.2, 0) is 17.8 Å². The number of alkyl halides is 3. The average Bonchev–Trinajstić information content (AvgIpc) is 2.88. The van der Waals surface area contributed by atoms with E-state index in [-0.39, 0.29) is 47.0 Å². The van der Waals surface area contributed by atoms with Gasteiger partial charge < -0.3 is 10.2 Å². The van der Waals surface area contributed by atoms with Crippen LogP contribution in [0.4, 0.5) is 35.3 Å². The molecular weight excluding hydrogens is 533 g/mol. The van der Waals surface area contributed by atoms with Crippen molar-refractivity contribution in [3.05, 3.63) is 40.7 Å². The minimum Gasteiger partial charge on any atom is -0.383 e. The zero-order valence-electron chi connectivity index (χ0n) is 21.6. The molecule has 2 aliphatic rings. The second kappa shape index (κ2) is 12.1. The number of hydrogen-bond acceptors (Lipinski definition) is 8. The highest BCUT2D eigenvalue weighted by Gasteiger charge is 2.28. The molecule has 10 nitrogen and oxygen atoms in total. The van der Waals surface area contributed by atoms with Gasteiger partial charge in [-0.2, -0.15) is 18.4 Å². The monoisotopic (exact) mass is 562 g/mol. The van der Waals surface area contributed by atoms with Crippen molar-refractivity contribution in [2.75, 3.05) is 61.1 Å². The number of aryl methyl sites for hydroxylation is 2. The molecular formula is C25H29F3N8O2S. The van der Waals surface area contributed by atoms with E-state index in [4.69, 9.17) is 4.98 Å². The first kappa shape index (κ1) is 28.4. The maximum atomic E-state index is 13.2. The van der Waals surface area contributed by atoms with E-state index in [1.165, 1.54) is 17.2 Å². The van der Waals surface area contributed by atoms with Gasteiger partial charge >= 0.3 is 11.5 Å². The lowest BCUT2D eigenvalue weighted by atomic mass is 10.0. The van der Waals surface area contributed by atoms with Crippen LogP contribution < -0.4 is 15.5 Å². The van der Waals surface area contributed by atoms with Gasteiger partial charge in [-0.15, -0.1) is 0 Å². The van der Waals surface area contributed by atoms with E-state index in [0.29, 0.717) is 32.0 Å². The van der Waals surface area contributed by atoms with Gasteiger partial charge in [0.05, 0.1) is 17.8 Å². The fourth-order valence-electron chi connectivity index (χ4n) is 4.48. The number of rotatable bonds is 7. The van der Waals surface area contributed by atoms with Crippen molar-refractivity contribution in [1.82, 2.24) is 19.8 Å². The van der Waals surface area contributed by atoms with E-state index < -0.39 is 11.5 Å². The number of nitriles is 1. The predicted octanol–water partition coefficient (Wildman–Crippen LogP) is 3.58. The molecule has 0 atom stereocenters. The fourth-order valence-corrected chi connectivity index (χ4v) is 4.91. The third-order valence-electron chi connectivity index (χ3n) is 6.52. The SMILES string of the molecule is Cc1nc2c(cc1CN1CCN(C)CC1=O)CCCN2C(=O)Nc1cc(NCCSC(F)(F)F)c(C#N)cn1. The van der Waals surface area contributed by atoms with Crippen LogP contribution in [0.1, 0.15) is 28.8 Å². The molecule has 39 heavy (non-hydrogen) atoms. The Morgan fingerprint density at radius 2 is 2.05 bits per heavy atom. The van der Waals surface area contributed by atoms with Crippen molar-refractivity contribution in [3.63, 3.8) is 0 Å². The van der Waals surface area contributed by atoms with Crippen molar-refractivity contribution in [3.8, 4) is 6.07 Å². The molecule has 0 spiro atoms. The normalized spacial score (nSPS) is 16.1. The molecule has 4 rings (SSSR count). The van der Waals surface area contributed by atoms with Crippen LogP contribution in [0.25, 0.3) is 0 Å². The molecule has 14 heteroatoms. The number of hydrogen-bond donors (Lipinski definition) is 2. The Labute approximate surface area is 228 Å². The Morgan fingerprint density at radius 1 is 1.26 bits per heavy atom. The molecule has 0 aromatic carbocycles. The summed E-state index contributed by atoms with van der Waals surface area (Å²) in [6, 6.07) is 4.93. The van der Waals surface area contributed by atoms with Gasteiger partial charge in [-0.3, -0.25) is 19.9 Å². The van der Waals surface area contributed by atoms with Crippen LogP contribution in [-0.4, -0.2) is 82.7 Å². The summed E-state index contributed by atoms with van der Waals surface area (Å²) >= 11 is -0.160. The lowest BCUT2D eigenvalue weighted by Crippen LogP contribution is -2.48. The van der Waals surface area contributed by atoms with E-state index in [9.17, 15) is 28.0 Å². The highest BCUT2D eigenvalue weighted by molar-refractivity contribution is 8.00. The predicted molar refractivity (Wildman–Crippen MR) is 143 cm³/mol. The second-order valence-electron chi connectivity index (χ2n) is 9.40. The molecule has 2 aliphatic heterocycles. The number of aromatic nitrogens is 2. The van der Waals surface area contributed by atoms with E-state index in [1.807, 2.05) is 35.9 Å². The summed E-state index contributed by atoms with van der Waals surface area (Å²) in [4.78, 5) is 39.8. The van der Waals surface area contributed by atoms with E-state index >= 15 is 0 Å². The quantitative estimate of drug-likeness (QED) is 0.492. The number of halogens is 3. The Balaban J connectivity index is 1.45. The van der Waals surface area contributed by atoms with E-state index in [2.05, 4.69) is 15.6 Å². The van der Waals surface area contributed by atoms with Crippen LogP contribution >= 0.6 is 11.8 Å². The molecule has 2 N–H and O–H groups in total. The zero-order valence-corrected chi connectivity index (χ0v) is 22.5. The third kappa shape index (κ3) is 7.30. The minimum atomic E-state index is -4.34. The van der Waals surface area contributed by atoms with Gasteiger partial charge in [0.2, 0.25) is 5.91 Å². The number of thioether (sulfide) groups is 1. The number of piperazine rings is 1. The van der Waals surface area contributed by atoms with Gasteiger partial charge in [-0.1, -0.05) is 0 Å². The smallest absolute Gasteiger partial charge is 0.383 e. The number of anilines is 3. The standard InChI is InChI=1S/C25H29F3N8O2S/c1-16-18(14-35-8-7-34(2)15-22(35)37)10-17-4-3-6-36(23(17)32-16)24(38)33-21-11-20(19(12-29)13-31-21)30-5-9-39-25(26,27)28/h10-11,13H,3-9,14-15H2,1-2H3,(H2,30,31,33,38). The van der Waals surface area contributed by atoms with E-state index in [1.54, 1.807) is 0 Å². The Morgan fingerprint density at radius 3 is 2.77 bits per heavy atom. The van der Waals surface area contributed by atoms with Gasteiger partial charge in [-0.05, 0) is 55.8 Å². The number of carbonyl (C=O) groups excluding carboxylic acids is 2. The summed E-state index contributed by atoms with van der Waals surface area (Å²) in [7, 11) is 1.92. The molecule has 0 aliphatic carbocycles. The molecule has 0 unspecified atom stereocenters. The molecule has 3 amide bonds. The average molecular weight is 563 g/mol. The molecule has 208 valence electrons. The molecule has 2 aromatic heterocycles. The van der Waals surface area contributed by atoms with Crippen molar-refractivity contribution in [2.24, 2.45) is 0 Å². The lowest BCUT2D eigenvalue weighted by Gasteiger charge is -2.33. The summed E-state index contributed by atoms with van der Waals surface area (Å²) in [5.41, 5.74) is -1.31. The van der Waals surface area contributed by atoms with Crippen LogP contribution in [0.3, 0.4) is 0 Å². The second-order valence-corrected chi connectivity index (χ2v) is 10.6. The maximum Gasteiger partial charge on any atom is 0.441 e. The molecule has 1 saturated heterocycles. The first-order valence-corrected chi connectivity index (χ1v) is 13.4. The molecule has 0 radical (unpaired) electrons. The van der Waals surface area contributed by atoms with Gasteiger partial charge in [0.15, 0.2) is 0 Å². The number of carbonyl (C=O) groups is 2. The fraction of sp³-hybridized carbons (Fsp3) is 0.480. The van der Waals surface area contributed by atoms with Gasteiger partial charge in [-0.25, -0.2) is 14.8 Å². The number of nitrogens with zero attached hydrogens (tertiary/aromatic N) is 6. The largest absolute Gasteiger partial charge is 0.441 e. The first-order chi connectivity index (χ1) is 18.5. The number of urea groups is 1. The third-order valence-corrected chi connectivity index (χ3v) is 7.25. The topological polar surface area (TPSA) is 117 Å². The first-order valence-electron chi connectivity index (χ1n) is 12.4. The van der Waals surface area contributed by atoms with E-state index in [0.717, 1.165) is 36.2 Å². The Bertz CT molecular complexity index is 1280. The van der Waals surface area contributed by atoms with Gasteiger partial charge in [0, 0.05) is 56.4 Å². The summed E-state index contributed by atoms with van der Waals surface area (Å²) in [5, 5.41) is 14.8. The summed E-state index contributed by atoms with van der Waals surface area (Å²) < 4.78 is 37.2. The lowest BCUT2D eigenvalue weighted by molar-refractivity contribution is -0.136. The zero-order chi connectivity index (χ0) is 28.2. The van der Waals surface area contributed by atoms with Gasteiger partial charge in [0.25, 0.3) is 0 Å². The van der Waals surface area contributed by atoms with Crippen LogP contribution in [0.2, 0.25) is 0 Å². The van der Waals surface area contributed by atoms with Crippen molar-refractivity contribution in [1.29, 1.82) is 5.26 Å². The van der Waals surface area contributed by atoms with Gasteiger partial charge in [0.1, 0.15) is 17.7 Å². The van der Waals surface area contributed by atoms with Crippen molar-refractivity contribution < 1.29 is 22.8 Å². The number of pyridine rings is 2. The summed E-state index contributed by atoms with van der Waals surface area (Å²) in [6.45, 7) is 4.59. The van der Waals surface area contributed by atoms with Crippen LogP contribution in [0, 0.1) is 18.3 Å². The highest BCUT2D eigenvalue weighted by Crippen LogP contribution is 2.31. The summed E-state index contributed by atoms with van der Waals surface area (Å²) in [6.07, 6.45) is 2.73. The van der Waals surface area contributed by atoms with Crippen molar-refractivity contribution in [2.45, 2.75) is 31.8 Å². The number of nitrogens with one attached hydrogen (secondary N) is 2. The molecule has 4 heterocycles. The number of amides is 3. The minimum absolute atomic E-state index is 0.0268. The molecule has 2 aromatic rings. The van der Waals surface area contributed by atoms with Crippen LogP contribution in [0.15, 0.2) is 18.3 Å². The molecule has 0 bridgehead atoms. The van der Waals surface area contributed by atoms with Crippen molar-refractivity contribution >= 4 is 41.0 Å². The number of fused-ring (bicyclic) bond motifs is 1. The highest BCUT2D eigenvalue weighted by atomic mass is 32.2. The Hall–Kier alpha value is -3.57. The summed E-state index contributed by atoms with van der Waals surface area (Å²) in [5.74, 6) is 0.531. The molecule has 1 fully saturated rings. The maximum absolute atomic E-state index is 13.2. The molecule has 0 saturated carbocycles.